The van der Waals surface area contributed by atoms with Crippen LogP contribution in [0.5, 0.6) is 5.88 Å². The van der Waals surface area contributed by atoms with Crippen LogP contribution in [0.4, 0.5) is 11.5 Å². The zero-order chi connectivity index (χ0) is 13.0. The Labute approximate surface area is 105 Å². The molecule has 0 amide bonds. The maximum atomic E-state index is 5.88. The Hall–Kier alpha value is -2.31. The van der Waals surface area contributed by atoms with E-state index in [1.54, 1.807) is 6.20 Å². The van der Waals surface area contributed by atoms with Crippen molar-refractivity contribution in [1.82, 2.24) is 19.7 Å². The van der Waals surface area contributed by atoms with Crippen LogP contribution in [-0.4, -0.2) is 32.9 Å². The van der Waals surface area contributed by atoms with Crippen LogP contribution >= 0.6 is 0 Å². The number of ether oxygens (including phenoxy) is 1. The van der Waals surface area contributed by atoms with Crippen LogP contribution in [0.3, 0.4) is 0 Å². The maximum absolute atomic E-state index is 5.88. The molecule has 0 aliphatic rings. The summed E-state index contributed by atoms with van der Waals surface area (Å²) >= 11 is 0. The molecule has 18 heavy (non-hydrogen) atoms. The molecule has 2 aromatic heterocycles. The Morgan fingerprint density at radius 2 is 2.33 bits per heavy atom. The highest BCUT2D eigenvalue weighted by atomic mass is 16.5. The van der Waals surface area contributed by atoms with E-state index in [0.29, 0.717) is 17.4 Å². The Balaban J connectivity index is 2.05. The summed E-state index contributed by atoms with van der Waals surface area (Å²) in [7, 11) is 1.52. The van der Waals surface area contributed by atoms with Gasteiger partial charge < -0.3 is 15.8 Å². The van der Waals surface area contributed by atoms with Crippen LogP contribution in [0, 0.1) is 0 Å². The van der Waals surface area contributed by atoms with Crippen LogP contribution in [0.25, 0.3) is 0 Å². The van der Waals surface area contributed by atoms with E-state index in [4.69, 9.17) is 10.5 Å². The van der Waals surface area contributed by atoms with E-state index in [-0.39, 0.29) is 6.04 Å². The Morgan fingerprint density at radius 1 is 1.50 bits per heavy atom. The summed E-state index contributed by atoms with van der Waals surface area (Å²) in [5.41, 5.74) is 6.29. The van der Waals surface area contributed by atoms with Gasteiger partial charge in [-0.15, -0.1) is 0 Å². The predicted molar refractivity (Wildman–Crippen MR) is 68.3 cm³/mol. The average molecular weight is 248 g/mol. The molecule has 1 atom stereocenters. The predicted octanol–water partition coefficient (Wildman–Crippen LogP) is 0.764. The fraction of sp³-hybridized carbons (Fsp3) is 0.364. The third-order valence-electron chi connectivity index (χ3n) is 2.44. The van der Waals surface area contributed by atoms with Crippen molar-refractivity contribution in [2.24, 2.45) is 0 Å². The quantitative estimate of drug-likeness (QED) is 0.812. The third kappa shape index (κ3) is 2.68. The highest BCUT2D eigenvalue weighted by Gasteiger charge is 2.11. The summed E-state index contributed by atoms with van der Waals surface area (Å²) in [5, 5.41) is 7.35. The normalized spacial score (nSPS) is 12.1. The molecule has 0 saturated heterocycles. The zero-order valence-electron chi connectivity index (χ0n) is 10.4. The van der Waals surface area contributed by atoms with Crippen LogP contribution in [-0.2, 0) is 6.54 Å². The van der Waals surface area contributed by atoms with E-state index in [9.17, 15) is 0 Å². The summed E-state index contributed by atoms with van der Waals surface area (Å²) in [6.45, 7) is 2.74. The van der Waals surface area contributed by atoms with Gasteiger partial charge in [0, 0.05) is 18.4 Å². The molecule has 0 aromatic carbocycles. The minimum absolute atomic E-state index is 0.131. The number of nitrogens with zero attached hydrogens (tertiary/aromatic N) is 4. The SMILES string of the molecule is COc1ncnc(NC(C)Cn2cccn2)c1N. The second-order valence-corrected chi connectivity index (χ2v) is 3.92. The average Bonchev–Trinajstić information content (AvgIpc) is 2.84. The molecule has 3 N–H and O–H groups in total. The van der Waals surface area contributed by atoms with Crippen molar-refractivity contribution in [3.63, 3.8) is 0 Å². The second kappa shape index (κ2) is 5.35. The van der Waals surface area contributed by atoms with Crippen molar-refractivity contribution >= 4 is 11.5 Å². The van der Waals surface area contributed by atoms with Gasteiger partial charge in [0.15, 0.2) is 5.82 Å². The smallest absolute Gasteiger partial charge is 0.242 e. The largest absolute Gasteiger partial charge is 0.479 e. The molecular weight excluding hydrogens is 232 g/mol. The second-order valence-electron chi connectivity index (χ2n) is 3.92. The number of rotatable bonds is 5. The molecule has 0 fully saturated rings. The van der Waals surface area contributed by atoms with Gasteiger partial charge in [0.25, 0.3) is 0 Å². The first-order valence-electron chi connectivity index (χ1n) is 5.59. The van der Waals surface area contributed by atoms with Gasteiger partial charge in [-0.2, -0.15) is 10.1 Å². The molecule has 96 valence electrons. The monoisotopic (exact) mass is 248 g/mol. The number of nitrogens with two attached hydrogens (primary N) is 1. The minimum Gasteiger partial charge on any atom is -0.479 e. The highest BCUT2D eigenvalue weighted by molar-refractivity contribution is 5.66. The van der Waals surface area contributed by atoms with Crippen LogP contribution < -0.4 is 15.8 Å². The number of anilines is 2. The molecule has 0 aliphatic carbocycles. The van der Waals surface area contributed by atoms with Gasteiger partial charge in [0.1, 0.15) is 12.0 Å². The Morgan fingerprint density at radius 3 is 3.00 bits per heavy atom. The summed E-state index contributed by atoms with van der Waals surface area (Å²) in [6.07, 6.45) is 5.06. The number of hydrogen-bond donors (Lipinski definition) is 2. The van der Waals surface area contributed by atoms with Gasteiger partial charge in [-0.3, -0.25) is 4.68 Å². The van der Waals surface area contributed by atoms with Crippen molar-refractivity contribution in [3.8, 4) is 5.88 Å². The molecular formula is C11H16N6O. The number of nitrogens with one attached hydrogen (secondary N) is 1. The molecule has 7 nitrogen and oxygen atoms in total. The van der Waals surface area contributed by atoms with E-state index in [1.165, 1.54) is 13.4 Å². The summed E-state index contributed by atoms with van der Waals surface area (Å²) in [4.78, 5) is 8.02. The summed E-state index contributed by atoms with van der Waals surface area (Å²) in [6, 6.07) is 2.02. The van der Waals surface area contributed by atoms with Crippen molar-refractivity contribution < 1.29 is 4.74 Å². The first kappa shape index (κ1) is 12.2. The Bertz CT molecular complexity index is 498. The molecule has 0 aliphatic heterocycles. The number of hydrogen-bond acceptors (Lipinski definition) is 6. The van der Waals surface area contributed by atoms with E-state index in [1.807, 2.05) is 23.9 Å². The van der Waals surface area contributed by atoms with Crippen molar-refractivity contribution in [3.05, 3.63) is 24.8 Å². The van der Waals surface area contributed by atoms with Crippen molar-refractivity contribution in [1.29, 1.82) is 0 Å². The lowest BCUT2D eigenvalue weighted by Gasteiger charge is -2.16. The lowest BCUT2D eigenvalue weighted by molar-refractivity contribution is 0.399. The fourth-order valence-electron chi connectivity index (χ4n) is 1.63. The van der Waals surface area contributed by atoms with Gasteiger partial charge in [-0.05, 0) is 13.0 Å². The standard InChI is InChI=1S/C11H16N6O/c1-8(6-17-5-3-4-15-17)16-10-9(12)11(18-2)14-7-13-10/h3-5,7-8H,6,12H2,1-2H3,(H,13,14,16). The van der Waals surface area contributed by atoms with Crippen LogP contribution in [0.15, 0.2) is 24.8 Å². The van der Waals surface area contributed by atoms with Gasteiger partial charge in [0.2, 0.25) is 5.88 Å². The first-order chi connectivity index (χ1) is 8.70. The highest BCUT2D eigenvalue weighted by Crippen LogP contribution is 2.24. The lowest BCUT2D eigenvalue weighted by Crippen LogP contribution is -2.23. The summed E-state index contributed by atoms with van der Waals surface area (Å²) in [5.74, 6) is 0.945. The van der Waals surface area contributed by atoms with Crippen molar-refractivity contribution in [2.45, 2.75) is 19.5 Å². The number of methoxy groups -OCH3 is 1. The number of aromatic nitrogens is 4. The Kier molecular flexibility index (Phi) is 3.61. The molecule has 0 spiro atoms. The van der Waals surface area contributed by atoms with E-state index in [0.717, 1.165) is 6.54 Å². The maximum Gasteiger partial charge on any atom is 0.242 e. The molecule has 2 heterocycles. The first-order valence-corrected chi connectivity index (χ1v) is 5.59. The molecule has 7 heteroatoms. The topological polar surface area (TPSA) is 90.9 Å². The van der Waals surface area contributed by atoms with Gasteiger partial charge >= 0.3 is 0 Å². The van der Waals surface area contributed by atoms with E-state index in [2.05, 4.69) is 20.4 Å². The minimum atomic E-state index is 0.131. The van der Waals surface area contributed by atoms with Gasteiger partial charge in [0.05, 0.1) is 13.7 Å². The third-order valence-corrected chi connectivity index (χ3v) is 2.44. The molecule has 0 saturated carbocycles. The zero-order valence-corrected chi connectivity index (χ0v) is 10.4. The molecule has 1 unspecified atom stereocenters. The molecule has 0 bridgehead atoms. The number of nitrogen functional groups attached to an aromatic ring is 1. The summed E-state index contributed by atoms with van der Waals surface area (Å²) < 4.78 is 6.88. The molecule has 2 rings (SSSR count). The lowest BCUT2D eigenvalue weighted by atomic mass is 10.3. The van der Waals surface area contributed by atoms with Gasteiger partial charge in [-0.25, -0.2) is 4.98 Å². The van der Waals surface area contributed by atoms with Gasteiger partial charge in [-0.1, -0.05) is 0 Å². The van der Waals surface area contributed by atoms with E-state index < -0.39 is 0 Å². The molecule has 0 radical (unpaired) electrons. The van der Waals surface area contributed by atoms with Crippen LogP contribution in [0.2, 0.25) is 0 Å². The van der Waals surface area contributed by atoms with E-state index >= 15 is 0 Å². The van der Waals surface area contributed by atoms with Crippen molar-refractivity contribution in [2.75, 3.05) is 18.2 Å². The van der Waals surface area contributed by atoms with Crippen LogP contribution in [0.1, 0.15) is 6.92 Å². The molecule has 2 aromatic rings. The fourth-order valence-corrected chi connectivity index (χ4v) is 1.63.